The van der Waals surface area contributed by atoms with E-state index in [0.717, 1.165) is 75.2 Å². The second-order valence-corrected chi connectivity index (χ2v) is 12.1. The second-order valence-electron chi connectivity index (χ2n) is 12.1. The molecule has 1 saturated heterocycles. The Kier molecular flexibility index (Phi) is 9.08. The molecule has 224 valence electrons. The topological polar surface area (TPSA) is 81.6 Å². The van der Waals surface area contributed by atoms with Crippen molar-refractivity contribution in [3.63, 3.8) is 0 Å². The highest BCUT2D eigenvalue weighted by molar-refractivity contribution is 5.97. The Morgan fingerprint density at radius 3 is 2.26 bits per heavy atom. The van der Waals surface area contributed by atoms with E-state index in [4.69, 9.17) is 4.42 Å². The van der Waals surface area contributed by atoms with Gasteiger partial charge in [-0.05, 0) is 68.0 Å². The minimum Gasteiger partial charge on any atom is -0.464 e. The number of aryl methyl sites for hydroxylation is 1. The summed E-state index contributed by atoms with van der Waals surface area (Å²) in [7, 11) is 0. The number of hydrogen-bond acceptors (Lipinski definition) is 4. The van der Waals surface area contributed by atoms with Crippen molar-refractivity contribution in [1.29, 1.82) is 0 Å². The Labute approximate surface area is 254 Å². The van der Waals surface area contributed by atoms with E-state index in [1.165, 1.54) is 12.0 Å². The van der Waals surface area contributed by atoms with E-state index in [9.17, 15) is 9.59 Å². The molecule has 4 aromatic rings. The number of carbonyl (C=O) groups is 2. The van der Waals surface area contributed by atoms with Crippen LogP contribution in [-0.4, -0.2) is 51.8 Å². The van der Waals surface area contributed by atoms with Crippen molar-refractivity contribution in [1.82, 2.24) is 20.1 Å². The van der Waals surface area contributed by atoms with Gasteiger partial charge in [0.15, 0.2) is 6.04 Å². The van der Waals surface area contributed by atoms with Crippen LogP contribution in [-0.2, 0) is 11.3 Å². The van der Waals surface area contributed by atoms with Crippen molar-refractivity contribution < 1.29 is 14.0 Å². The number of H-pyrrole nitrogens is 1. The molecular formula is C36H42N4O3. The van der Waals surface area contributed by atoms with Crippen molar-refractivity contribution in [2.24, 2.45) is 0 Å². The number of aromatic nitrogens is 1. The van der Waals surface area contributed by atoms with Crippen molar-refractivity contribution in [2.45, 2.75) is 76.5 Å². The summed E-state index contributed by atoms with van der Waals surface area (Å²) >= 11 is 0. The summed E-state index contributed by atoms with van der Waals surface area (Å²) in [4.78, 5) is 36.3. The molecule has 3 heterocycles. The van der Waals surface area contributed by atoms with Gasteiger partial charge >= 0.3 is 0 Å². The zero-order valence-electron chi connectivity index (χ0n) is 25.0. The fourth-order valence-corrected chi connectivity index (χ4v) is 6.66. The van der Waals surface area contributed by atoms with Gasteiger partial charge in [-0.25, -0.2) is 0 Å². The lowest BCUT2D eigenvalue weighted by molar-refractivity contribution is -0.128. The molecular weight excluding hydrogens is 536 g/mol. The third kappa shape index (κ3) is 6.94. The highest BCUT2D eigenvalue weighted by atomic mass is 16.3. The zero-order chi connectivity index (χ0) is 29.6. The lowest BCUT2D eigenvalue weighted by Crippen LogP contribution is -2.53. The first kappa shape index (κ1) is 29.0. The van der Waals surface area contributed by atoms with Crippen LogP contribution in [0.5, 0.6) is 0 Å². The standard InChI is InChI=1S/C36H42N4O3/c1-26-17-20-33(43-26)34(35(41)37-29-15-9-4-10-16-29)40(30-21-23-39(24-22-30)25-27-11-5-2-6-12-27)36(42)32-19-18-31(38-32)28-13-7-3-8-14-28/h2-3,5-8,11-14,17-20,29-30,34,38H,4,9-10,15-16,21-25H2,1H3,(H,37,41). The maximum Gasteiger partial charge on any atom is 0.271 e. The third-order valence-corrected chi connectivity index (χ3v) is 8.94. The number of furan rings is 1. The number of piperidine rings is 1. The molecule has 2 aliphatic rings. The maximum absolute atomic E-state index is 14.5. The average Bonchev–Trinajstić information content (AvgIpc) is 3.71. The Morgan fingerprint density at radius 1 is 0.884 bits per heavy atom. The summed E-state index contributed by atoms with van der Waals surface area (Å²) < 4.78 is 6.11. The minimum absolute atomic E-state index is 0.115. The van der Waals surface area contributed by atoms with E-state index in [-0.39, 0.29) is 23.9 Å². The van der Waals surface area contributed by atoms with Crippen LogP contribution >= 0.6 is 0 Å². The first-order chi connectivity index (χ1) is 21.0. The molecule has 2 aromatic carbocycles. The van der Waals surface area contributed by atoms with Gasteiger partial charge < -0.3 is 19.6 Å². The molecule has 1 saturated carbocycles. The van der Waals surface area contributed by atoms with Crippen molar-refractivity contribution in [3.8, 4) is 11.3 Å². The Balaban J connectivity index is 1.30. The summed E-state index contributed by atoms with van der Waals surface area (Å²) in [6.45, 7) is 4.45. The molecule has 0 spiro atoms. The molecule has 0 bridgehead atoms. The van der Waals surface area contributed by atoms with E-state index in [1.807, 2.05) is 72.5 Å². The lowest BCUT2D eigenvalue weighted by atomic mass is 9.94. The number of rotatable bonds is 9. The second kappa shape index (κ2) is 13.5. The molecule has 7 nitrogen and oxygen atoms in total. The third-order valence-electron chi connectivity index (χ3n) is 8.94. The molecule has 1 aliphatic carbocycles. The number of benzene rings is 2. The van der Waals surface area contributed by atoms with Crippen LogP contribution in [0.15, 0.2) is 89.3 Å². The summed E-state index contributed by atoms with van der Waals surface area (Å²) in [5, 5.41) is 3.31. The fraction of sp³-hybridized carbons (Fsp3) is 0.389. The van der Waals surface area contributed by atoms with E-state index in [1.54, 1.807) is 0 Å². The van der Waals surface area contributed by atoms with Crippen LogP contribution in [0.3, 0.4) is 0 Å². The van der Waals surface area contributed by atoms with Gasteiger partial charge in [0.05, 0.1) is 0 Å². The van der Waals surface area contributed by atoms with E-state index in [0.29, 0.717) is 11.5 Å². The van der Waals surface area contributed by atoms with Gasteiger partial charge in [-0.15, -0.1) is 0 Å². The van der Waals surface area contributed by atoms with Gasteiger partial charge in [0.1, 0.15) is 17.2 Å². The summed E-state index contributed by atoms with van der Waals surface area (Å²) in [6, 6.07) is 27.2. The first-order valence-corrected chi connectivity index (χ1v) is 15.8. The Morgan fingerprint density at radius 2 is 1.58 bits per heavy atom. The van der Waals surface area contributed by atoms with Gasteiger partial charge in [0, 0.05) is 37.4 Å². The largest absolute Gasteiger partial charge is 0.464 e. The summed E-state index contributed by atoms with van der Waals surface area (Å²) in [5.74, 6) is 0.903. The van der Waals surface area contributed by atoms with Crippen LogP contribution in [0.4, 0.5) is 0 Å². The highest BCUT2D eigenvalue weighted by Gasteiger charge is 2.41. The van der Waals surface area contributed by atoms with Gasteiger partial charge in [0.25, 0.3) is 11.8 Å². The SMILES string of the molecule is Cc1ccc(C(C(=O)NC2CCCCC2)N(C(=O)c2ccc(-c3ccccc3)[nH]2)C2CCN(Cc3ccccc3)CC2)o1. The molecule has 1 unspecified atom stereocenters. The van der Waals surface area contributed by atoms with E-state index >= 15 is 0 Å². The molecule has 6 rings (SSSR count). The zero-order valence-corrected chi connectivity index (χ0v) is 25.0. The number of likely N-dealkylation sites (tertiary alicyclic amines) is 1. The summed E-state index contributed by atoms with van der Waals surface area (Å²) in [6.07, 6.45) is 6.92. The van der Waals surface area contributed by atoms with Crippen molar-refractivity contribution in [3.05, 3.63) is 108 Å². The molecule has 43 heavy (non-hydrogen) atoms. The number of hydrogen-bond donors (Lipinski definition) is 2. The van der Waals surface area contributed by atoms with Gasteiger partial charge in [-0.3, -0.25) is 14.5 Å². The van der Waals surface area contributed by atoms with Crippen LogP contribution in [0, 0.1) is 6.92 Å². The molecule has 1 atom stereocenters. The number of amides is 2. The van der Waals surface area contributed by atoms with E-state index < -0.39 is 6.04 Å². The minimum atomic E-state index is -0.850. The lowest BCUT2D eigenvalue weighted by Gasteiger charge is -2.41. The molecule has 7 heteroatoms. The fourth-order valence-electron chi connectivity index (χ4n) is 6.66. The normalized spacial score (nSPS) is 17.4. The predicted octanol–water partition coefficient (Wildman–Crippen LogP) is 6.88. The van der Waals surface area contributed by atoms with Gasteiger partial charge in [-0.1, -0.05) is 79.9 Å². The van der Waals surface area contributed by atoms with Crippen LogP contribution in [0.25, 0.3) is 11.3 Å². The van der Waals surface area contributed by atoms with Crippen LogP contribution < -0.4 is 5.32 Å². The molecule has 0 radical (unpaired) electrons. The molecule has 2 N–H and O–H groups in total. The Bertz CT molecular complexity index is 1480. The van der Waals surface area contributed by atoms with Crippen molar-refractivity contribution in [2.75, 3.05) is 13.1 Å². The Hall–Kier alpha value is -4.10. The molecule has 2 fully saturated rings. The van der Waals surface area contributed by atoms with Crippen LogP contribution in [0.2, 0.25) is 0 Å². The van der Waals surface area contributed by atoms with E-state index in [2.05, 4.69) is 39.5 Å². The van der Waals surface area contributed by atoms with Gasteiger partial charge in [0.2, 0.25) is 0 Å². The predicted molar refractivity (Wildman–Crippen MR) is 168 cm³/mol. The van der Waals surface area contributed by atoms with Crippen molar-refractivity contribution >= 4 is 11.8 Å². The highest BCUT2D eigenvalue weighted by Crippen LogP contribution is 2.33. The molecule has 1 aliphatic heterocycles. The summed E-state index contributed by atoms with van der Waals surface area (Å²) in [5.41, 5.74) is 3.64. The monoisotopic (exact) mass is 578 g/mol. The molecule has 2 aromatic heterocycles. The first-order valence-electron chi connectivity index (χ1n) is 15.8. The maximum atomic E-state index is 14.5. The average molecular weight is 579 g/mol. The number of carbonyl (C=O) groups excluding carboxylic acids is 2. The number of nitrogens with one attached hydrogen (secondary N) is 2. The number of nitrogens with zero attached hydrogens (tertiary/aromatic N) is 2. The van der Waals surface area contributed by atoms with Gasteiger partial charge in [-0.2, -0.15) is 0 Å². The quantitative estimate of drug-likeness (QED) is 0.227. The smallest absolute Gasteiger partial charge is 0.271 e. The number of aromatic amines is 1. The van der Waals surface area contributed by atoms with Crippen LogP contribution in [0.1, 0.15) is 78.6 Å². The molecule has 2 amide bonds.